The summed E-state index contributed by atoms with van der Waals surface area (Å²) in [6.07, 6.45) is 1.83. The van der Waals surface area contributed by atoms with Crippen LogP contribution in [0, 0.1) is 0 Å². The minimum absolute atomic E-state index is 0.0993. The molecule has 0 unspecified atom stereocenters. The van der Waals surface area contributed by atoms with Crippen molar-refractivity contribution in [1.29, 1.82) is 0 Å². The van der Waals surface area contributed by atoms with Gasteiger partial charge in [-0.2, -0.15) is 0 Å². The van der Waals surface area contributed by atoms with E-state index < -0.39 is 0 Å². The second-order valence-electron chi connectivity index (χ2n) is 4.96. The maximum atomic E-state index is 12.1. The third-order valence-electron chi connectivity index (χ3n) is 3.49. The van der Waals surface area contributed by atoms with Crippen molar-refractivity contribution in [3.63, 3.8) is 0 Å². The molecule has 1 amide bonds. The van der Waals surface area contributed by atoms with Crippen LogP contribution in [0.1, 0.15) is 16.2 Å². The van der Waals surface area contributed by atoms with Gasteiger partial charge in [0, 0.05) is 12.1 Å². The van der Waals surface area contributed by atoms with Gasteiger partial charge in [-0.3, -0.25) is 4.79 Å². The van der Waals surface area contributed by atoms with Crippen molar-refractivity contribution in [2.75, 3.05) is 0 Å². The van der Waals surface area contributed by atoms with Gasteiger partial charge in [0.25, 0.3) is 5.91 Å². The Bertz CT molecular complexity index is 806. The van der Waals surface area contributed by atoms with Gasteiger partial charge in [0.1, 0.15) is 5.82 Å². The molecular weight excluding hydrogens is 274 g/mol. The number of fused-ring (bicyclic) bond motifs is 1. The van der Waals surface area contributed by atoms with Crippen molar-refractivity contribution in [2.45, 2.75) is 13.1 Å². The third kappa shape index (κ3) is 2.76. The first-order chi connectivity index (χ1) is 10.8. The fourth-order valence-electron chi connectivity index (χ4n) is 2.44. The highest BCUT2D eigenvalue weighted by Gasteiger charge is 2.11. The fourth-order valence-corrected chi connectivity index (χ4v) is 2.44. The Morgan fingerprint density at radius 2 is 1.86 bits per heavy atom. The number of hydrogen-bond acceptors (Lipinski definition) is 2. The van der Waals surface area contributed by atoms with E-state index in [1.54, 1.807) is 12.1 Å². The average molecular weight is 291 g/mol. The summed E-state index contributed by atoms with van der Waals surface area (Å²) in [4.78, 5) is 16.7. The van der Waals surface area contributed by atoms with E-state index in [0.717, 1.165) is 16.9 Å². The van der Waals surface area contributed by atoms with Gasteiger partial charge in [-0.15, -0.1) is 6.58 Å². The number of rotatable bonds is 5. The molecule has 1 heterocycles. The first-order valence-corrected chi connectivity index (χ1v) is 7.18. The predicted octanol–water partition coefficient (Wildman–Crippen LogP) is 3.15. The highest BCUT2D eigenvalue weighted by molar-refractivity contribution is 5.94. The normalized spacial score (nSPS) is 10.5. The van der Waals surface area contributed by atoms with E-state index in [1.807, 2.05) is 48.5 Å². The largest absolute Gasteiger partial charge is 0.345 e. The van der Waals surface area contributed by atoms with Crippen LogP contribution in [0.2, 0.25) is 0 Å². The number of carbonyl (C=O) groups excluding carboxylic acids is 1. The van der Waals surface area contributed by atoms with Gasteiger partial charge in [-0.1, -0.05) is 36.4 Å². The van der Waals surface area contributed by atoms with Gasteiger partial charge in [0.05, 0.1) is 17.6 Å². The molecule has 1 N–H and O–H groups in total. The van der Waals surface area contributed by atoms with Crippen molar-refractivity contribution >= 4 is 16.9 Å². The standard InChI is InChI=1S/C18H17N3O/c1-2-12-21-16-11-7-6-10-15(16)20-17(21)13-19-18(22)14-8-4-3-5-9-14/h2-11H,1,12-13H2,(H,19,22). The summed E-state index contributed by atoms with van der Waals surface area (Å²) >= 11 is 0. The molecule has 3 aromatic rings. The van der Waals surface area contributed by atoms with E-state index in [9.17, 15) is 4.79 Å². The van der Waals surface area contributed by atoms with Gasteiger partial charge in [-0.05, 0) is 24.3 Å². The zero-order chi connectivity index (χ0) is 15.4. The molecule has 0 aliphatic rings. The Labute approximate surface area is 129 Å². The molecule has 4 heteroatoms. The lowest BCUT2D eigenvalue weighted by atomic mass is 10.2. The molecule has 110 valence electrons. The van der Waals surface area contributed by atoms with Gasteiger partial charge in [-0.25, -0.2) is 4.98 Å². The summed E-state index contributed by atoms with van der Waals surface area (Å²) in [6.45, 7) is 4.84. The zero-order valence-electron chi connectivity index (χ0n) is 12.2. The highest BCUT2D eigenvalue weighted by Crippen LogP contribution is 2.16. The lowest BCUT2D eigenvalue weighted by molar-refractivity contribution is 0.0949. The Hall–Kier alpha value is -2.88. The molecule has 0 atom stereocenters. The second-order valence-corrected chi connectivity index (χ2v) is 4.96. The Kier molecular flexibility index (Phi) is 4.01. The third-order valence-corrected chi connectivity index (χ3v) is 3.49. The van der Waals surface area contributed by atoms with E-state index in [1.165, 1.54) is 0 Å². The molecule has 0 fully saturated rings. The van der Waals surface area contributed by atoms with Crippen LogP contribution in [0.25, 0.3) is 11.0 Å². The molecule has 0 saturated carbocycles. The number of aromatic nitrogens is 2. The summed E-state index contributed by atoms with van der Waals surface area (Å²) < 4.78 is 2.06. The van der Waals surface area contributed by atoms with E-state index >= 15 is 0 Å². The number of para-hydroxylation sites is 2. The first-order valence-electron chi connectivity index (χ1n) is 7.18. The number of amides is 1. The van der Waals surface area contributed by atoms with Crippen LogP contribution >= 0.6 is 0 Å². The second kappa shape index (κ2) is 6.26. The molecule has 0 aliphatic carbocycles. The van der Waals surface area contributed by atoms with E-state index in [2.05, 4.69) is 21.4 Å². The zero-order valence-corrected chi connectivity index (χ0v) is 12.2. The quantitative estimate of drug-likeness (QED) is 0.734. The summed E-state index contributed by atoms with van der Waals surface area (Å²) in [5.74, 6) is 0.725. The summed E-state index contributed by atoms with van der Waals surface area (Å²) in [6, 6.07) is 17.1. The number of imidazole rings is 1. The van der Waals surface area contributed by atoms with Crippen molar-refractivity contribution in [3.8, 4) is 0 Å². The van der Waals surface area contributed by atoms with Gasteiger partial charge < -0.3 is 9.88 Å². The molecule has 0 aliphatic heterocycles. The number of allylic oxidation sites excluding steroid dienone is 1. The summed E-state index contributed by atoms with van der Waals surface area (Å²) in [5.41, 5.74) is 2.62. The van der Waals surface area contributed by atoms with Gasteiger partial charge in [0.2, 0.25) is 0 Å². The summed E-state index contributed by atoms with van der Waals surface area (Å²) in [7, 11) is 0. The van der Waals surface area contributed by atoms with Crippen LogP contribution in [0.5, 0.6) is 0 Å². The van der Waals surface area contributed by atoms with Crippen LogP contribution in [0.15, 0.2) is 67.3 Å². The number of carbonyl (C=O) groups is 1. The lowest BCUT2D eigenvalue weighted by Crippen LogP contribution is -2.24. The molecular formula is C18H17N3O. The van der Waals surface area contributed by atoms with Crippen molar-refractivity contribution in [3.05, 3.63) is 78.6 Å². The highest BCUT2D eigenvalue weighted by atomic mass is 16.1. The number of nitrogens with zero attached hydrogens (tertiary/aromatic N) is 2. The first kappa shape index (κ1) is 14.1. The van der Waals surface area contributed by atoms with Crippen molar-refractivity contribution in [2.24, 2.45) is 0 Å². The van der Waals surface area contributed by atoms with Crippen LogP contribution in [-0.4, -0.2) is 15.5 Å². The SMILES string of the molecule is C=CCn1c(CNC(=O)c2ccccc2)nc2ccccc21. The van der Waals surface area contributed by atoms with Gasteiger partial charge in [0.15, 0.2) is 0 Å². The Morgan fingerprint density at radius 3 is 2.64 bits per heavy atom. The smallest absolute Gasteiger partial charge is 0.251 e. The molecule has 0 spiro atoms. The van der Waals surface area contributed by atoms with Crippen LogP contribution < -0.4 is 5.32 Å². The molecule has 4 nitrogen and oxygen atoms in total. The lowest BCUT2D eigenvalue weighted by Gasteiger charge is -2.08. The van der Waals surface area contributed by atoms with Crippen molar-refractivity contribution < 1.29 is 4.79 Å². The number of benzene rings is 2. The molecule has 1 aromatic heterocycles. The molecule has 2 aromatic carbocycles. The monoisotopic (exact) mass is 291 g/mol. The molecule has 0 saturated heterocycles. The summed E-state index contributed by atoms with van der Waals surface area (Å²) in [5, 5.41) is 2.92. The molecule has 0 radical (unpaired) electrons. The van der Waals surface area contributed by atoms with E-state index in [-0.39, 0.29) is 5.91 Å². The average Bonchev–Trinajstić information content (AvgIpc) is 2.92. The topological polar surface area (TPSA) is 46.9 Å². The van der Waals surface area contributed by atoms with Crippen LogP contribution in [-0.2, 0) is 13.1 Å². The molecule has 0 bridgehead atoms. The maximum Gasteiger partial charge on any atom is 0.251 e. The van der Waals surface area contributed by atoms with E-state index in [4.69, 9.17) is 0 Å². The fraction of sp³-hybridized carbons (Fsp3) is 0.111. The van der Waals surface area contributed by atoms with Gasteiger partial charge >= 0.3 is 0 Å². The molecule has 3 rings (SSSR count). The predicted molar refractivity (Wildman–Crippen MR) is 87.5 cm³/mol. The Balaban J connectivity index is 1.83. The Morgan fingerprint density at radius 1 is 1.14 bits per heavy atom. The van der Waals surface area contributed by atoms with Crippen LogP contribution in [0.3, 0.4) is 0 Å². The minimum Gasteiger partial charge on any atom is -0.345 e. The maximum absolute atomic E-state index is 12.1. The number of hydrogen-bond donors (Lipinski definition) is 1. The molecule has 22 heavy (non-hydrogen) atoms. The van der Waals surface area contributed by atoms with E-state index in [0.29, 0.717) is 18.7 Å². The number of nitrogens with one attached hydrogen (secondary N) is 1. The minimum atomic E-state index is -0.0993. The van der Waals surface area contributed by atoms with Crippen molar-refractivity contribution in [1.82, 2.24) is 14.9 Å². The van der Waals surface area contributed by atoms with Crippen LogP contribution in [0.4, 0.5) is 0 Å².